The van der Waals surface area contributed by atoms with Crippen molar-refractivity contribution in [3.63, 3.8) is 0 Å². The molecule has 1 N–H and O–H groups in total. The fourth-order valence-electron chi connectivity index (χ4n) is 0.725. The van der Waals surface area contributed by atoms with Crippen molar-refractivity contribution >= 4 is 17.4 Å². The fourth-order valence-corrected chi connectivity index (χ4v) is 0.725. The molecule has 0 bridgehead atoms. The Labute approximate surface area is 63.3 Å². The summed E-state index contributed by atoms with van der Waals surface area (Å²) in [6.45, 7) is 6.72. The average Bonchev–Trinajstić information content (AvgIpc) is 2.17. The molecule has 4 nitrogen and oxygen atoms in total. The molecule has 1 rings (SSSR count). The van der Waals surface area contributed by atoms with Crippen molar-refractivity contribution < 1.29 is 9.59 Å². The third-order valence-electron chi connectivity index (χ3n) is 1.19. The van der Waals surface area contributed by atoms with E-state index in [1.807, 2.05) is 0 Å². The van der Waals surface area contributed by atoms with E-state index in [1.165, 1.54) is 6.20 Å². The van der Waals surface area contributed by atoms with Gasteiger partial charge in [0.2, 0.25) is 0 Å². The van der Waals surface area contributed by atoms with E-state index in [9.17, 15) is 9.59 Å². The minimum Gasteiger partial charge on any atom is -0.318 e. The van der Waals surface area contributed by atoms with Crippen molar-refractivity contribution in [1.82, 2.24) is 5.32 Å². The second-order valence-electron chi connectivity index (χ2n) is 1.92. The van der Waals surface area contributed by atoms with Crippen LogP contribution in [0.2, 0.25) is 0 Å². The summed E-state index contributed by atoms with van der Waals surface area (Å²) in [6, 6.07) is 0. The molecule has 4 heteroatoms. The number of carbonyl (C=O) groups is 2. The maximum Gasteiger partial charge on any atom is 0.298 e. The van der Waals surface area contributed by atoms with Crippen LogP contribution in [0.3, 0.4) is 0 Å². The number of nitrogens with one attached hydrogen (secondary N) is 1. The lowest BCUT2D eigenvalue weighted by atomic mass is 10.2. The number of aliphatic imine (C=N–C) groups is 1. The van der Waals surface area contributed by atoms with Gasteiger partial charge in [-0.05, 0) is 0 Å². The molecule has 0 aromatic rings. The molecule has 11 heavy (non-hydrogen) atoms. The molecule has 0 radical (unpaired) electrons. The molecule has 1 heterocycles. The van der Waals surface area contributed by atoms with Crippen molar-refractivity contribution in [1.29, 1.82) is 0 Å². The third-order valence-corrected chi connectivity index (χ3v) is 1.19. The van der Waals surface area contributed by atoms with Gasteiger partial charge >= 0.3 is 0 Å². The normalized spacial score (nSPS) is 20.7. The van der Waals surface area contributed by atoms with Gasteiger partial charge in [0.15, 0.2) is 0 Å². The lowest BCUT2D eigenvalue weighted by molar-refractivity contribution is -0.132. The topological polar surface area (TPSA) is 58.5 Å². The van der Waals surface area contributed by atoms with Gasteiger partial charge in [-0.1, -0.05) is 13.2 Å². The Bertz CT molecular complexity index is 289. The fraction of sp³-hybridized carbons (Fsp3) is 0. The third kappa shape index (κ3) is 1.10. The van der Waals surface area contributed by atoms with E-state index in [0.717, 1.165) is 0 Å². The minimum absolute atomic E-state index is 0.0463. The van der Waals surface area contributed by atoms with Gasteiger partial charge in [0, 0.05) is 6.20 Å². The van der Waals surface area contributed by atoms with E-state index in [-0.39, 0.29) is 11.4 Å². The monoisotopic (exact) mass is 150 g/mol. The van der Waals surface area contributed by atoms with Gasteiger partial charge in [-0.15, -0.1) is 0 Å². The van der Waals surface area contributed by atoms with Crippen LogP contribution in [0.25, 0.3) is 0 Å². The molecule has 0 aromatic heterocycles. The summed E-state index contributed by atoms with van der Waals surface area (Å²) in [5, 5.41) is 2.24. The average molecular weight is 150 g/mol. The van der Waals surface area contributed by atoms with Crippen LogP contribution < -0.4 is 5.32 Å². The second kappa shape index (κ2) is 2.49. The van der Waals surface area contributed by atoms with Crippen LogP contribution >= 0.6 is 0 Å². The first-order valence-corrected chi connectivity index (χ1v) is 2.90. The zero-order valence-corrected chi connectivity index (χ0v) is 5.76. The zero-order valence-electron chi connectivity index (χ0n) is 5.76. The van der Waals surface area contributed by atoms with Crippen molar-refractivity contribution in [2.75, 3.05) is 0 Å². The Balaban J connectivity index is 3.07. The van der Waals surface area contributed by atoms with Gasteiger partial charge in [0.05, 0.1) is 5.70 Å². The zero-order chi connectivity index (χ0) is 8.43. The Morgan fingerprint density at radius 2 is 2.09 bits per heavy atom. The molecule has 0 aromatic carbocycles. The highest BCUT2D eigenvalue weighted by Crippen LogP contribution is 2.02. The summed E-state index contributed by atoms with van der Waals surface area (Å²) in [6.07, 6.45) is 1.19. The SMILES string of the molecule is C=CN=C1C(=C)NC(=O)C1=O. The number of allylic oxidation sites excluding steroid dienone is 1. The van der Waals surface area contributed by atoms with E-state index >= 15 is 0 Å². The number of amides is 1. The number of Topliss-reactive ketones (excluding diaryl/α,β-unsaturated/α-hetero) is 1. The smallest absolute Gasteiger partial charge is 0.298 e. The molecule has 0 spiro atoms. The molecule has 1 amide bonds. The van der Waals surface area contributed by atoms with Gasteiger partial charge in [0.25, 0.3) is 11.7 Å². The van der Waals surface area contributed by atoms with Gasteiger partial charge < -0.3 is 5.32 Å². The maximum atomic E-state index is 10.9. The summed E-state index contributed by atoms with van der Waals surface area (Å²) in [5.41, 5.74) is 0.282. The maximum absolute atomic E-state index is 10.9. The predicted molar refractivity (Wildman–Crippen MR) is 39.9 cm³/mol. The summed E-state index contributed by atoms with van der Waals surface area (Å²) in [7, 11) is 0. The van der Waals surface area contributed by atoms with Crippen LogP contribution in [0, 0.1) is 0 Å². The summed E-state index contributed by atoms with van der Waals surface area (Å²) in [4.78, 5) is 25.1. The van der Waals surface area contributed by atoms with Crippen molar-refractivity contribution in [3.05, 3.63) is 25.1 Å². The van der Waals surface area contributed by atoms with Crippen LogP contribution in [0.15, 0.2) is 30.0 Å². The van der Waals surface area contributed by atoms with Gasteiger partial charge in [0.1, 0.15) is 5.71 Å². The largest absolute Gasteiger partial charge is 0.318 e. The number of hydrogen-bond donors (Lipinski definition) is 1. The van der Waals surface area contributed by atoms with E-state index in [1.54, 1.807) is 0 Å². The first-order chi connectivity index (χ1) is 5.16. The molecule has 1 aliphatic rings. The molecule has 1 saturated heterocycles. The first kappa shape index (κ1) is 7.40. The lowest BCUT2D eigenvalue weighted by Crippen LogP contribution is -2.18. The molecule has 0 unspecified atom stereocenters. The second-order valence-corrected chi connectivity index (χ2v) is 1.92. The highest BCUT2D eigenvalue weighted by molar-refractivity contribution is 6.72. The van der Waals surface area contributed by atoms with E-state index in [2.05, 4.69) is 23.5 Å². The highest BCUT2D eigenvalue weighted by atomic mass is 16.2. The quantitative estimate of drug-likeness (QED) is 0.525. The van der Waals surface area contributed by atoms with Gasteiger partial charge in [-0.3, -0.25) is 14.6 Å². The van der Waals surface area contributed by atoms with E-state index in [4.69, 9.17) is 0 Å². The van der Waals surface area contributed by atoms with Crippen LogP contribution in [-0.2, 0) is 9.59 Å². The van der Waals surface area contributed by atoms with Gasteiger partial charge in [-0.25, -0.2) is 0 Å². The molecular formula is C7H6N2O2. The molecule has 1 aliphatic heterocycles. The highest BCUT2D eigenvalue weighted by Gasteiger charge is 2.30. The molecule has 56 valence electrons. The standard InChI is InChI=1S/C7H6N2O2/c1-3-8-5-4(2)9-7(11)6(5)10/h3H,1-2H2,(H,9,11). The van der Waals surface area contributed by atoms with Crippen LogP contribution in [0.1, 0.15) is 0 Å². The van der Waals surface area contributed by atoms with Crippen LogP contribution in [-0.4, -0.2) is 17.4 Å². The number of ketones is 1. The van der Waals surface area contributed by atoms with E-state index < -0.39 is 11.7 Å². The number of rotatable bonds is 1. The first-order valence-electron chi connectivity index (χ1n) is 2.90. The van der Waals surface area contributed by atoms with Crippen molar-refractivity contribution in [2.24, 2.45) is 4.99 Å². The van der Waals surface area contributed by atoms with E-state index in [0.29, 0.717) is 0 Å². The number of carbonyl (C=O) groups excluding carboxylic acids is 2. The van der Waals surface area contributed by atoms with Crippen molar-refractivity contribution in [2.45, 2.75) is 0 Å². The number of nitrogens with zero attached hydrogens (tertiary/aromatic N) is 1. The minimum atomic E-state index is -0.685. The van der Waals surface area contributed by atoms with Crippen molar-refractivity contribution in [3.8, 4) is 0 Å². The molecule has 0 atom stereocenters. The Hall–Kier alpha value is -1.71. The summed E-state index contributed by atoms with van der Waals surface area (Å²) in [5.74, 6) is -1.34. The molecule has 0 aliphatic carbocycles. The Morgan fingerprint density at radius 3 is 2.45 bits per heavy atom. The molecule has 1 fully saturated rings. The van der Waals surface area contributed by atoms with Crippen LogP contribution in [0.5, 0.6) is 0 Å². The van der Waals surface area contributed by atoms with Gasteiger partial charge in [-0.2, -0.15) is 0 Å². The summed E-state index contributed by atoms with van der Waals surface area (Å²) >= 11 is 0. The molecule has 0 saturated carbocycles. The Morgan fingerprint density at radius 1 is 1.45 bits per heavy atom. The number of hydrogen-bond acceptors (Lipinski definition) is 3. The Kier molecular flexibility index (Phi) is 1.68. The van der Waals surface area contributed by atoms with Crippen LogP contribution in [0.4, 0.5) is 0 Å². The lowest BCUT2D eigenvalue weighted by Gasteiger charge is -1.88. The summed E-state index contributed by atoms with van der Waals surface area (Å²) < 4.78 is 0. The predicted octanol–water partition coefficient (Wildman–Crippen LogP) is -0.217. The molecular weight excluding hydrogens is 144 g/mol.